The SMILES string of the molecule is CCOc1[nH]nc(C)c1-c1ccc(NC(=O)[C@@H](NC(=O)c2ccnn2C)C2CCCCC2)cc1. The van der Waals surface area contributed by atoms with Crippen LogP contribution in [0.5, 0.6) is 5.88 Å². The molecule has 0 saturated heterocycles. The lowest BCUT2D eigenvalue weighted by Crippen LogP contribution is -2.49. The Morgan fingerprint density at radius 3 is 2.56 bits per heavy atom. The second-order valence-corrected chi connectivity index (χ2v) is 8.70. The molecule has 2 heterocycles. The molecule has 2 aromatic heterocycles. The molecule has 3 N–H and O–H groups in total. The van der Waals surface area contributed by atoms with Gasteiger partial charge >= 0.3 is 0 Å². The van der Waals surface area contributed by atoms with E-state index in [2.05, 4.69) is 25.9 Å². The molecule has 3 aromatic rings. The van der Waals surface area contributed by atoms with Crippen LogP contribution in [0.25, 0.3) is 11.1 Å². The number of hydrogen-bond acceptors (Lipinski definition) is 5. The first-order valence-electron chi connectivity index (χ1n) is 11.9. The topological polar surface area (TPSA) is 114 Å². The monoisotopic (exact) mass is 464 g/mol. The van der Waals surface area contributed by atoms with Crippen molar-refractivity contribution in [1.29, 1.82) is 0 Å². The van der Waals surface area contributed by atoms with E-state index in [1.807, 2.05) is 38.1 Å². The van der Waals surface area contributed by atoms with Gasteiger partial charge in [0.2, 0.25) is 11.8 Å². The van der Waals surface area contributed by atoms with Crippen molar-refractivity contribution in [3.05, 3.63) is 47.9 Å². The molecular formula is C25H32N6O3. The van der Waals surface area contributed by atoms with Crippen molar-refractivity contribution in [2.45, 2.75) is 52.0 Å². The molecule has 1 atom stereocenters. The lowest BCUT2D eigenvalue weighted by molar-refractivity contribution is -0.119. The van der Waals surface area contributed by atoms with Crippen LogP contribution in [0.3, 0.4) is 0 Å². The van der Waals surface area contributed by atoms with E-state index < -0.39 is 6.04 Å². The molecule has 9 nitrogen and oxygen atoms in total. The van der Waals surface area contributed by atoms with Crippen LogP contribution in [-0.4, -0.2) is 44.4 Å². The molecule has 9 heteroatoms. The van der Waals surface area contributed by atoms with Crippen LogP contribution in [-0.2, 0) is 11.8 Å². The molecule has 0 spiro atoms. The third-order valence-corrected chi connectivity index (χ3v) is 6.39. The summed E-state index contributed by atoms with van der Waals surface area (Å²) in [5.74, 6) is 0.240. The van der Waals surface area contributed by atoms with Gasteiger partial charge in [-0.15, -0.1) is 0 Å². The van der Waals surface area contributed by atoms with Gasteiger partial charge in [0.25, 0.3) is 5.91 Å². The van der Waals surface area contributed by atoms with E-state index in [9.17, 15) is 9.59 Å². The Morgan fingerprint density at radius 2 is 1.91 bits per heavy atom. The Kier molecular flexibility index (Phi) is 7.30. The number of aryl methyl sites for hydroxylation is 2. The number of hydrogen-bond donors (Lipinski definition) is 3. The van der Waals surface area contributed by atoms with Gasteiger partial charge in [0, 0.05) is 18.9 Å². The van der Waals surface area contributed by atoms with Crippen molar-refractivity contribution < 1.29 is 14.3 Å². The zero-order valence-electron chi connectivity index (χ0n) is 19.9. The fourth-order valence-corrected chi connectivity index (χ4v) is 4.62. The maximum absolute atomic E-state index is 13.3. The number of benzene rings is 1. The van der Waals surface area contributed by atoms with Crippen LogP contribution < -0.4 is 15.4 Å². The molecule has 180 valence electrons. The van der Waals surface area contributed by atoms with Crippen LogP contribution in [0.15, 0.2) is 36.5 Å². The first-order valence-corrected chi connectivity index (χ1v) is 11.9. The number of rotatable bonds is 8. The first-order chi connectivity index (χ1) is 16.5. The number of H-pyrrole nitrogens is 1. The van der Waals surface area contributed by atoms with Crippen molar-refractivity contribution in [1.82, 2.24) is 25.3 Å². The average Bonchev–Trinajstić information content (AvgIpc) is 3.44. The second kappa shape index (κ2) is 10.5. The van der Waals surface area contributed by atoms with Gasteiger partial charge in [-0.25, -0.2) is 5.10 Å². The highest BCUT2D eigenvalue weighted by Gasteiger charge is 2.32. The van der Waals surface area contributed by atoms with Crippen molar-refractivity contribution in [2.24, 2.45) is 13.0 Å². The van der Waals surface area contributed by atoms with Crippen molar-refractivity contribution in [2.75, 3.05) is 11.9 Å². The third-order valence-electron chi connectivity index (χ3n) is 6.39. The van der Waals surface area contributed by atoms with Crippen LogP contribution in [0.4, 0.5) is 5.69 Å². The van der Waals surface area contributed by atoms with E-state index in [4.69, 9.17) is 4.74 Å². The number of carbonyl (C=O) groups excluding carboxylic acids is 2. The van der Waals surface area contributed by atoms with E-state index in [0.29, 0.717) is 23.9 Å². The summed E-state index contributed by atoms with van der Waals surface area (Å²) in [6, 6.07) is 8.62. The first kappa shape index (κ1) is 23.5. The summed E-state index contributed by atoms with van der Waals surface area (Å²) in [5, 5.41) is 17.2. The number of nitrogens with zero attached hydrogens (tertiary/aromatic N) is 3. The maximum atomic E-state index is 13.3. The normalized spacial score (nSPS) is 15.0. The molecule has 1 aliphatic rings. The Hall–Kier alpha value is -3.62. The Bertz CT molecular complexity index is 1130. The van der Waals surface area contributed by atoms with Gasteiger partial charge in [-0.3, -0.25) is 14.3 Å². The molecular weight excluding hydrogens is 432 g/mol. The average molecular weight is 465 g/mol. The minimum atomic E-state index is -0.608. The zero-order chi connectivity index (χ0) is 24.1. The molecule has 0 aliphatic heterocycles. The van der Waals surface area contributed by atoms with Gasteiger partial charge in [0.1, 0.15) is 11.7 Å². The maximum Gasteiger partial charge on any atom is 0.270 e. The summed E-state index contributed by atoms with van der Waals surface area (Å²) in [6.07, 6.45) is 6.71. The number of anilines is 1. The number of carbonyl (C=O) groups is 2. The van der Waals surface area contributed by atoms with E-state index in [1.165, 1.54) is 11.1 Å². The number of ether oxygens (including phenoxy) is 1. The fourth-order valence-electron chi connectivity index (χ4n) is 4.62. The van der Waals surface area contributed by atoms with Gasteiger partial charge in [-0.05, 0) is 56.4 Å². The van der Waals surface area contributed by atoms with Crippen molar-refractivity contribution in [3.63, 3.8) is 0 Å². The number of aromatic amines is 1. The molecule has 1 aliphatic carbocycles. The largest absolute Gasteiger partial charge is 0.478 e. The molecule has 1 fully saturated rings. The lowest BCUT2D eigenvalue weighted by atomic mass is 9.83. The number of amides is 2. The second-order valence-electron chi connectivity index (χ2n) is 8.70. The van der Waals surface area contributed by atoms with Crippen LogP contribution in [0.1, 0.15) is 55.2 Å². The van der Waals surface area contributed by atoms with Crippen molar-refractivity contribution in [3.8, 4) is 17.0 Å². The summed E-state index contributed by atoms with van der Waals surface area (Å²) in [4.78, 5) is 26.2. The highest BCUT2D eigenvalue weighted by molar-refractivity contribution is 6.00. The predicted octanol–water partition coefficient (Wildman–Crippen LogP) is 3.83. The predicted molar refractivity (Wildman–Crippen MR) is 130 cm³/mol. The molecule has 2 amide bonds. The Balaban J connectivity index is 1.50. The van der Waals surface area contributed by atoms with E-state index in [-0.39, 0.29) is 17.7 Å². The molecule has 1 saturated carbocycles. The smallest absolute Gasteiger partial charge is 0.270 e. The van der Waals surface area contributed by atoms with Gasteiger partial charge in [-0.1, -0.05) is 31.4 Å². The molecule has 0 radical (unpaired) electrons. The highest BCUT2D eigenvalue weighted by Crippen LogP contribution is 2.32. The Labute approximate surface area is 199 Å². The van der Waals surface area contributed by atoms with Crippen LogP contribution >= 0.6 is 0 Å². The molecule has 1 aromatic carbocycles. The molecule has 4 rings (SSSR count). The molecule has 34 heavy (non-hydrogen) atoms. The van der Waals surface area contributed by atoms with Gasteiger partial charge < -0.3 is 15.4 Å². The summed E-state index contributed by atoms with van der Waals surface area (Å²) in [6.45, 7) is 4.38. The molecule has 0 unspecified atom stereocenters. The van der Waals surface area contributed by atoms with E-state index in [1.54, 1.807) is 19.3 Å². The quantitative estimate of drug-likeness (QED) is 0.469. The minimum Gasteiger partial charge on any atom is -0.478 e. The van der Waals surface area contributed by atoms with Crippen molar-refractivity contribution >= 4 is 17.5 Å². The van der Waals surface area contributed by atoms with E-state index >= 15 is 0 Å². The number of aromatic nitrogens is 4. The van der Waals surface area contributed by atoms with Crippen LogP contribution in [0.2, 0.25) is 0 Å². The summed E-state index contributed by atoms with van der Waals surface area (Å²) in [7, 11) is 1.71. The van der Waals surface area contributed by atoms with Crippen LogP contribution in [0, 0.1) is 12.8 Å². The lowest BCUT2D eigenvalue weighted by Gasteiger charge is -2.30. The zero-order valence-corrected chi connectivity index (χ0v) is 19.9. The van der Waals surface area contributed by atoms with Gasteiger partial charge in [0.05, 0.1) is 17.9 Å². The fraction of sp³-hybridized carbons (Fsp3) is 0.440. The van der Waals surface area contributed by atoms with Gasteiger partial charge in [0.15, 0.2) is 0 Å². The molecule has 0 bridgehead atoms. The summed E-state index contributed by atoms with van der Waals surface area (Å²) >= 11 is 0. The number of nitrogens with one attached hydrogen (secondary N) is 3. The standard InChI is InChI=1S/C25H32N6O3/c1-4-34-25-21(16(2)29-30-25)17-10-12-19(13-11-17)27-24(33)22(18-8-6-5-7-9-18)28-23(32)20-14-15-26-31(20)3/h10-15,18,22H,4-9H2,1-3H3,(H,27,33)(H,28,32)(H,29,30)/t22-/m0/s1. The summed E-state index contributed by atoms with van der Waals surface area (Å²) in [5.41, 5.74) is 3.79. The summed E-state index contributed by atoms with van der Waals surface area (Å²) < 4.78 is 7.16. The third kappa shape index (κ3) is 5.13. The highest BCUT2D eigenvalue weighted by atomic mass is 16.5. The Morgan fingerprint density at radius 1 is 1.18 bits per heavy atom. The minimum absolute atomic E-state index is 0.104. The van der Waals surface area contributed by atoms with Gasteiger partial charge in [-0.2, -0.15) is 10.2 Å². The van der Waals surface area contributed by atoms with E-state index in [0.717, 1.165) is 42.5 Å².